The fourth-order valence-electron chi connectivity index (χ4n) is 4.85. The summed E-state index contributed by atoms with van der Waals surface area (Å²) in [6, 6.07) is 8.14. The summed E-state index contributed by atoms with van der Waals surface area (Å²) >= 11 is 0. The Balaban J connectivity index is 1.67. The van der Waals surface area contributed by atoms with Crippen molar-refractivity contribution in [3.63, 3.8) is 0 Å². The summed E-state index contributed by atoms with van der Waals surface area (Å²) < 4.78 is 0. The number of carbonyl (C=O) groups excluding carboxylic acids is 2. The monoisotopic (exact) mass is 406 g/mol. The van der Waals surface area contributed by atoms with Gasteiger partial charge in [0.1, 0.15) is 6.33 Å². The predicted octanol–water partition coefficient (Wildman–Crippen LogP) is 3.04. The van der Waals surface area contributed by atoms with Gasteiger partial charge in [0.05, 0.1) is 5.41 Å². The molecule has 1 saturated carbocycles. The molecule has 0 N–H and O–H groups in total. The lowest BCUT2D eigenvalue weighted by atomic mass is 9.73. The molecule has 4 rings (SSSR count). The van der Waals surface area contributed by atoms with Gasteiger partial charge in [0, 0.05) is 51.1 Å². The quantitative estimate of drug-likeness (QED) is 0.766. The minimum Gasteiger partial charge on any atom is -0.348 e. The molecule has 2 heterocycles. The van der Waals surface area contributed by atoms with Crippen molar-refractivity contribution in [1.29, 1.82) is 0 Å². The number of hydrogen-bond donors (Lipinski definition) is 0. The molecule has 0 radical (unpaired) electrons. The molecular weight excluding hydrogens is 376 g/mol. The van der Waals surface area contributed by atoms with Crippen LogP contribution in [0.5, 0.6) is 0 Å². The van der Waals surface area contributed by atoms with Crippen LogP contribution in [0, 0.1) is 17.3 Å². The summed E-state index contributed by atoms with van der Waals surface area (Å²) in [5, 5.41) is 0. The third kappa shape index (κ3) is 3.95. The van der Waals surface area contributed by atoms with E-state index in [-0.39, 0.29) is 17.7 Å². The lowest BCUT2D eigenvalue weighted by molar-refractivity contribution is -0.147. The first-order valence-corrected chi connectivity index (χ1v) is 10.7. The number of hydrogen-bond acceptors (Lipinski definition) is 4. The zero-order valence-electron chi connectivity index (χ0n) is 18.0. The van der Waals surface area contributed by atoms with Crippen LogP contribution in [-0.4, -0.2) is 58.8 Å². The number of benzene rings is 1. The first-order chi connectivity index (χ1) is 14.4. The average Bonchev–Trinajstić information content (AvgIpc) is 3.50. The molecule has 158 valence electrons. The Morgan fingerprint density at radius 1 is 1.20 bits per heavy atom. The van der Waals surface area contributed by atoms with Crippen LogP contribution in [0.3, 0.4) is 0 Å². The Labute approximate surface area is 178 Å². The Morgan fingerprint density at radius 3 is 2.57 bits per heavy atom. The van der Waals surface area contributed by atoms with E-state index in [9.17, 15) is 9.59 Å². The zero-order chi connectivity index (χ0) is 21.3. The Morgan fingerprint density at radius 2 is 1.90 bits per heavy atom. The van der Waals surface area contributed by atoms with Gasteiger partial charge >= 0.3 is 0 Å². The van der Waals surface area contributed by atoms with E-state index < -0.39 is 5.41 Å². The Kier molecular flexibility index (Phi) is 5.58. The van der Waals surface area contributed by atoms with E-state index in [1.807, 2.05) is 31.1 Å². The van der Waals surface area contributed by atoms with Crippen molar-refractivity contribution in [2.75, 3.05) is 27.2 Å². The van der Waals surface area contributed by atoms with Crippen LogP contribution < -0.4 is 0 Å². The van der Waals surface area contributed by atoms with Crippen molar-refractivity contribution in [3.05, 3.63) is 48.5 Å². The van der Waals surface area contributed by atoms with E-state index in [1.165, 1.54) is 6.33 Å². The summed E-state index contributed by atoms with van der Waals surface area (Å²) in [7, 11) is 3.62. The normalized spacial score (nSPS) is 25.6. The minimum atomic E-state index is -0.610. The van der Waals surface area contributed by atoms with E-state index in [4.69, 9.17) is 0 Å². The van der Waals surface area contributed by atoms with Gasteiger partial charge in [-0.2, -0.15) is 0 Å². The molecule has 1 aliphatic heterocycles. The molecule has 0 unspecified atom stereocenters. The largest absolute Gasteiger partial charge is 0.348 e. The lowest BCUT2D eigenvalue weighted by Gasteiger charge is -2.43. The second-order valence-corrected chi connectivity index (χ2v) is 9.12. The smallest absolute Gasteiger partial charge is 0.230 e. The molecule has 1 aliphatic carbocycles. The highest BCUT2D eigenvalue weighted by Gasteiger charge is 2.48. The molecule has 1 aromatic heterocycles. The fourth-order valence-corrected chi connectivity index (χ4v) is 4.85. The van der Waals surface area contributed by atoms with Crippen molar-refractivity contribution in [3.8, 4) is 11.1 Å². The number of nitrogens with zero attached hydrogens (tertiary/aromatic N) is 4. The van der Waals surface area contributed by atoms with Gasteiger partial charge in [-0.25, -0.2) is 9.97 Å². The Bertz CT molecular complexity index is 930. The molecular formula is C24H30N4O2. The average molecular weight is 407 g/mol. The third-order valence-electron chi connectivity index (χ3n) is 6.59. The van der Waals surface area contributed by atoms with E-state index in [0.717, 1.165) is 42.5 Å². The van der Waals surface area contributed by atoms with Crippen LogP contribution in [0.4, 0.5) is 0 Å². The summed E-state index contributed by atoms with van der Waals surface area (Å²) in [5.74, 6) is 0.937. The van der Waals surface area contributed by atoms with Crippen molar-refractivity contribution in [2.24, 2.45) is 17.3 Å². The van der Waals surface area contributed by atoms with Gasteiger partial charge in [-0.15, -0.1) is 0 Å². The number of piperidine rings is 1. The van der Waals surface area contributed by atoms with Crippen LogP contribution in [0.1, 0.15) is 31.7 Å². The van der Waals surface area contributed by atoms with Crippen molar-refractivity contribution >= 4 is 11.8 Å². The van der Waals surface area contributed by atoms with Gasteiger partial charge in [0.25, 0.3) is 0 Å². The van der Waals surface area contributed by atoms with Crippen LogP contribution >= 0.6 is 0 Å². The molecule has 2 amide bonds. The highest BCUT2D eigenvalue weighted by atomic mass is 16.2. The SMILES string of the molecule is C[C@@H]1C[C@H]1C(=O)N1CCC[C@@](Cc2ccccc2-c2cncnc2)(C(=O)N(C)C)C1. The highest BCUT2D eigenvalue weighted by Crippen LogP contribution is 2.43. The van der Waals surface area contributed by atoms with Gasteiger partial charge in [0.15, 0.2) is 0 Å². The molecule has 2 aliphatic rings. The molecule has 0 spiro atoms. The van der Waals surface area contributed by atoms with Crippen LogP contribution in [0.15, 0.2) is 43.0 Å². The van der Waals surface area contributed by atoms with Crippen LogP contribution in [0.25, 0.3) is 11.1 Å². The first kappa shape index (κ1) is 20.5. The summed E-state index contributed by atoms with van der Waals surface area (Å²) in [5.41, 5.74) is 2.47. The number of aromatic nitrogens is 2. The lowest BCUT2D eigenvalue weighted by Crippen LogP contribution is -2.54. The van der Waals surface area contributed by atoms with E-state index in [0.29, 0.717) is 18.9 Å². The molecule has 0 bridgehead atoms. The van der Waals surface area contributed by atoms with Crippen LogP contribution in [-0.2, 0) is 16.0 Å². The maximum Gasteiger partial charge on any atom is 0.230 e. The number of carbonyl (C=O) groups is 2. The highest BCUT2D eigenvalue weighted by molar-refractivity contribution is 5.86. The van der Waals surface area contributed by atoms with Crippen LogP contribution in [0.2, 0.25) is 0 Å². The molecule has 1 aromatic carbocycles. The molecule has 1 saturated heterocycles. The van der Waals surface area contributed by atoms with Gasteiger partial charge in [-0.05, 0) is 42.7 Å². The molecule has 3 atom stereocenters. The third-order valence-corrected chi connectivity index (χ3v) is 6.59. The maximum absolute atomic E-state index is 13.5. The Hall–Kier alpha value is -2.76. The van der Waals surface area contributed by atoms with Crippen molar-refractivity contribution < 1.29 is 9.59 Å². The fraction of sp³-hybridized carbons (Fsp3) is 0.500. The second-order valence-electron chi connectivity index (χ2n) is 9.12. The van der Waals surface area contributed by atoms with E-state index >= 15 is 0 Å². The number of amides is 2. The predicted molar refractivity (Wildman–Crippen MR) is 115 cm³/mol. The maximum atomic E-state index is 13.5. The van der Waals surface area contributed by atoms with Crippen molar-refractivity contribution in [1.82, 2.24) is 19.8 Å². The van der Waals surface area contributed by atoms with Gasteiger partial charge < -0.3 is 9.80 Å². The second kappa shape index (κ2) is 8.17. The van der Waals surface area contributed by atoms with Crippen molar-refractivity contribution in [2.45, 2.75) is 32.6 Å². The van der Waals surface area contributed by atoms with E-state index in [2.05, 4.69) is 29.0 Å². The topological polar surface area (TPSA) is 66.4 Å². The minimum absolute atomic E-state index is 0.1000. The molecule has 2 fully saturated rings. The summed E-state index contributed by atoms with van der Waals surface area (Å²) in [4.78, 5) is 38.4. The number of likely N-dealkylation sites (tertiary alicyclic amines) is 1. The van der Waals surface area contributed by atoms with Gasteiger partial charge in [-0.1, -0.05) is 31.2 Å². The molecule has 2 aromatic rings. The molecule has 30 heavy (non-hydrogen) atoms. The summed E-state index contributed by atoms with van der Waals surface area (Å²) in [6.07, 6.45) is 8.33. The van der Waals surface area contributed by atoms with E-state index in [1.54, 1.807) is 17.3 Å². The molecule has 6 nitrogen and oxygen atoms in total. The first-order valence-electron chi connectivity index (χ1n) is 10.7. The number of rotatable bonds is 5. The zero-order valence-corrected chi connectivity index (χ0v) is 18.0. The standard InChI is InChI=1S/C24H30N4O2/c1-17-11-21(17)22(29)28-10-6-9-24(15-28,23(30)27(2)3)12-18-7-4-5-8-20(18)19-13-25-16-26-14-19/h4-5,7-8,13-14,16-17,21H,6,9-12,15H2,1-3H3/t17-,21-,24+/m1/s1. The van der Waals surface area contributed by atoms with Gasteiger partial charge in [0.2, 0.25) is 11.8 Å². The van der Waals surface area contributed by atoms with Gasteiger partial charge in [-0.3, -0.25) is 9.59 Å². The summed E-state index contributed by atoms with van der Waals surface area (Å²) in [6.45, 7) is 3.37. The molecule has 6 heteroatoms.